The lowest BCUT2D eigenvalue weighted by Gasteiger charge is -2.06. The van der Waals surface area contributed by atoms with Gasteiger partial charge in [0, 0.05) is 11.3 Å². The number of carbonyl (C=O) groups is 1. The summed E-state index contributed by atoms with van der Waals surface area (Å²) >= 11 is 11.7. The molecule has 0 saturated heterocycles. The van der Waals surface area contributed by atoms with Crippen LogP contribution in [0.2, 0.25) is 10.0 Å². The van der Waals surface area contributed by atoms with Gasteiger partial charge < -0.3 is 5.32 Å². The van der Waals surface area contributed by atoms with E-state index in [0.717, 1.165) is 5.69 Å². The monoisotopic (exact) mass is 279 g/mol. The molecule has 0 aliphatic carbocycles. The second kappa shape index (κ2) is 5.89. The third-order valence-corrected chi connectivity index (χ3v) is 3.21. The number of nitrogens with one attached hydrogen (secondary N) is 1. The van der Waals surface area contributed by atoms with E-state index >= 15 is 0 Å². The van der Waals surface area contributed by atoms with Crippen molar-refractivity contribution in [3.8, 4) is 0 Å². The van der Waals surface area contributed by atoms with E-state index in [1.807, 2.05) is 30.3 Å². The molecule has 2 rings (SSSR count). The number of Topliss-reactive ketones (excluding diaryl/α,β-unsaturated/α-hetero) is 1. The lowest BCUT2D eigenvalue weighted by atomic mass is 10.1. The molecular formula is C14H11Cl2NO. The Morgan fingerprint density at radius 1 is 1.00 bits per heavy atom. The zero-order valence-corrected chi connectivity index (χ0v) is 11.0. The molecule has 2 nitrogen and oxygen atoms in total. The van der Waals surface area contributed by atoms with Gasteiger partial charge in [-0.1, -0.05) is 41.4 Å². The minimum Gasteiger partial charge on any atom is -0.378 e. The van der Waals surface area contributed by atoms with Crippen LogP contribution >= 0.6 is 23.2 Å². The summed E-state index contributed by atoms with van der Waals surface area (Å²) in [4.78, 5) is 11.9. The molecule has 0 radical (unpaired) electrons. The zero-order valence-electron chi connectivity index (χ0n) is 9.49. The smallest absolute Gasteiger partial charge is 0.181 e. The maximum atomic E-state index is 11.9. The van der Waals surface area contributed by atoms with Gasteiger partial charge >= 0.3 is 0 Å². The van der Waals surface area contributed by atoms with Crippen LogP contribution in [0.3, 0.4) is 0 Å². The fourth-order valence-electron chi connectivity index (χ4n) is 1.51. The minimum absolute atomic E-state index is 0.0302. The Kier molecular flexibility index (Phi) is 4.24. The van der Waals surface area contributed by atoms with Gasteiger partial charge in [-0.15, -0.1) is 0 Å². The van der Waals surface area contributed by atoms with Crippen LogP contribution in [0.5, 0.6) is 0 Å². The molecular weight excluding hydrogens is 269 g/mol. The van der Waals surface area contributed by atoms with Crippen LogP contribution in [0, 0.1) is 0 Å². The molecule has 0 amide bonds. The van der Waals surface area contributed by atoms with E-state index in [2.05, 4.69) is 5.32 Å². The first-order valence-electron chi connectivity index (χ1n) is 5.44. The molecule has 0 bridgehead atoms. The van der Waals surface area contributed by atoms with Crippen molar-refractivity contribution in [2.45, 2.75) is 0 Å². The number of benzene rings is 2. The molecule has 0 fully saturated rings. The second-order valence-electron chi connectivity index (χ2n) is 3.77. The number of hydrogen-bond acceptors (Lipinski definition) is 2. The van der Waals surface area contributed by atoms with Gasteiger partial charge in [0.05, 0.1) is 16.6 Å². The number of para-hydroxylation sites is 1. The van der Waals surface area contributed by atoms with E-state index < -0.39 is 0 Å². The van der Waals surface area contributed by atoms with Crippen molar-refractivity contribution >= 4 is 34.7 Å². The molecule has 2 aromatic carbocycles. The van der Waals surface area contributed by atoms with Crippen molar-refractivity contribution < 1.29 is 4.79 Å². The Morgan fingerprint density at radius 2 is 1.72 bits per heavy atom. The van der Waals surface area contributed by atoms with E-state index in [0.29, 0.717) is 15.6 Å². The maximum absolute atomic E-state index is 11.9. The number of carbonyl (C=O) groups excluding carboxylic acids is 1. The maximum Gasteiger partial charge on any atom is 0.181 e. The highest BCUT2D eigenvalue weighted by molar-refractivity contribution is 6.42. The van der Waals surface area contributed by atoms with Crippen molar-refractivity contribution in [3.05, 3.63) is 64.1 Å². The van der Waals surface area contributed by atoms with Crippen molar-refractivity contribution in [3.63, 3.8) is 0 Å². The molecule has 0 heterocycles. The molecule has 92 valence electrons. The largest absolute Gasteiger partial charge is 0.378 e. The summed E-state index contributed by atoms with van der Waals surface area (Å²) in [5.41, 5.74) is 1.46. The first kappa shape index (κ1) is 12.9. The molecule has 0 atom stereocenters. The molecule has 0 aliphatic heterocycles. The number of hydrogen-bond donors (Lipinski definition) is 1. The predicted molar refractivity (Wildman–Crippen MR) is 75.7 cm³/mol. The van der Waals surface area contributed by atoms with Crippen LogP contribution < -0.4 is 5.32 Å². The van der Waals surface area contributed by atoms with Gasteiger partial charge in [-0.25, -0.2) is 0 Å². The van der Waals surface area contributed by atoms with Gasteiger partial charge in [0.15, 0.2) is 5.78 Å². The highest BCUT2D eigenvalue weighted by Crippen LogP contribution is 2.22. The normalized spacial score (nSPS) is 10.1. The molecule has 0 aliphatic rings. The Balaban J connectivity index is 2.02. The van der Waals surface area contributed by atoms with Crippen LogP contribution in [0.4, 0.5) is 5.69 Å². The summed E-state index contributed by atoms with van der Waals surface area (Å²) in [6, 6.07) is 14.4. The van der Waals surface area contributed by atoms with E-state index in [1.165, 1.54) is 0 Å². The van der Waals surface area contributed by atoms with Gasteiger partial charge in [-0.2, -0.15) is 0 Å². The molecule has 0 unspecified atom stereocenters. The lowest BCUT2D eigenvalue weighted by molar-refractivity contribution is 0.101. The first-order valence-corrected chi connectivity index (χ1v) is 6.19. The van der Waals surface area contributed by atoms with Gasteiger partial charge in [0.2, 0.25) is 0 Å². The van der Waals surface area contributed by atoms with Crippen LogP contribution in [-0.2, 0) is 0 Å². The third-order valence-electron chi connectivity index (χ3n) is 2.47. The highest BCUT2D eigenvalue weighted by atomic mass is 35.5. The van der Waals surface area contributed by atoms with Gasteiger partial charge in [-0.05, 0) is 30.3 Å². The second-order valence-corrected chi connectivity index (χ2v) is 4.59. The van der Waals surface area contributed by atoms with Crippen LogP contribution in [0.25, 0.3) is 0 Å². The fourth-order valence-corrected chi connectivity index (χ4v) is 1.81. The molecule has 18 heavy (non-hydrogen) atoms. The molecule has 4 heteroatoms. The summed E-state index contributed by atoms with van der Waals surface area (Å²) in [7, 11) is 0. The van der Waals surface area contributed by atoms with Gasteiger partial charge in [-0.3, -0.25) is 4.79 Å². The van der Waals surface area contributed by atoms with Crippen molar-refractivity contribution in [2.75, 3.05) is 11.9 Å². The quantitative estimate of drug-likeness (QED) is 0.846. The molecule has 0 spiro atoms. The third kappa shape index (κ3) is 3.25. The summed E-state index contributed by atoms with van der Waals surface area (Å²) in [6.45, 7) is 0.224. The van der Waals surface area contributed by atoms with Crippen LogP contribution in [-0.4, -0.2) is 12.3 Å². The molecule has 0 aromatic heterocycles. The van der Waals surface area contributed by atoms with Crippen molar-refractivity contribution in [1.82, 2.24) is 0 Å². The lowest BCUT2D eigenvalue weighted by Crippen LogP contribution is -2.13. The summed E-state index contributed by atoms with van der Waals surface area (Å²) in [5, 5.41) is 3.89. The topological polar surface area (TPSA) is 29.1 Å². The number of halogens is 2. The SMILES string of the molecule is O=C(CNc1ccccc1)c1ccc(Cl)c(Cl)c1. The average molecular weight is 280 g/mol. The molecule has 2 aromatic rings. The van der Waals surface area contributed by atoms with Gasteiger partial charge in [0.25, 0.3) is 0 Å². The number of anilines is 1. The Morgan fingerprint density at radius 3 is 2.39 bits per heavy atom. The van der Waals surface area contributed by atoms with Crippen LogP contribution in [0.1, 0.15) is 10.4 Å². The van der Waals surface area contributed by atoms with Crippen molar-refractivity contribution in [2.24, 2.45) is 0 Å². The summed E-state index contributed by atoms with van der Waals surface area (Å²) < 4.78 is 0. The standard InChI is InChI=1S/C14H11Cl2NO/c15-12-7-6-10(8-13(12)16)14(18)9-17-11-4-2-1-3-5-11/h1-8,17H,9H2. The van der Waals surface area contributed by atoms with E-state index in [4.69, 9.17) is 23.2 Å². The van der Waals surface area contributed by atoms with E-state index in [9.17, 15) is 4.79 Å². The van der Waals surface area contributed by atoms with E-state index in [1.54, 1.807) is 18.2 Å². The molecule has 1 N–H and O–H groups in total. The Labute approximate surface area is 116 Å². The Hall–Kier alpha value is -1.51. The molecule has 0 saturated carbocycles. The van der Waals surface area contributed by atoms with Gasteiger partial charge in [0.1, 0.15) is 0 Å². The average Bonchev–Trinajstić information content (AvgIpc) is 2.40. The summed E-state index contributed by atoms with van der Waals surface area (Å²) in [6.07, 6.45) is 0. The minimum atomic E-state index is -0.0302. The summed E-state index contributed by atoms with van der Waals surface area (Å²) in [5.74, 6) is -0.0302. The fraction of sp³-hybridized carbons (Fsp3) is 0.0714. The number of rotatable bonds is 4. The Bertz CT molecular complexity index is 555. The van der Waals surface area contributed by atoms with E-state index in [-0.39, 0.29) is 12.3 Å². The predicted octanol–water partition coefficient (Wildman–Crippen LogP) is 4.29. The van der Waals surface area contributed by atoms with Crippen LogP contribution in [0.15, 0.2) is 48.5 Å². The highest BCUT2D eigenvalue weighted by Gasteiger charge is 2.07. The van der Waals surface area contributed by atoms with Crippen molar-refractivity contribution in [1.29, 1.82) is 0 Å². The zero-order chi connectivity index (χ0) is 13.0. The number of ketones is 1. The first-order chi connectivity index (χ1) is 8.66.